The summed E-state index contributed by atoms with van der Waals surface area (Å²) in [6.07, 6.45) is 5.85. The first-order valence-electron chi connectivity index (χ1n) is 8.71. The molecule has 0 radical (unpaired) electrons. The molecular formula is C19H25NO3. The van der Waals surface area contributed by atoms with Crippen LogP contribution in [0.15, 0.2) is 24.3 Å². The molecule has 0 saturated carbocycles. The Morgan fingerprint density at radius 3 is 2.57 bits per heavy atom. The first-order valence-corrected chi connectivity index (χ1v) is 8.71. The third kappa shape index (κ3) is 3.92. The summed E-state index contributed by atoms with van der Waals surface area (Å²) >= 11 is 0. The van der Waals surface area contributed by atoms with Crippen LogP contribution in [-0.2, 0) is 16.0 Å². The first kappa shape index (κ1) is 16.0. The Morgan fingerprint density at radius 2 is 1.83 bits per heavy atom. The number of hydrogen-bond acceptors (Lipinski definition) is 2. The molecule has 1 saturated heterocycles. The summed E-state index contributed by atoms with van der Waals surface area (Å²) in [5.41, 5.74) is 2.75. The molecule has 124 valence electrons. The predicted molar refractivity (Wildman–Crippen MR) is 88.3 cm³/mol. The van der Waals surface area contributed by atoms with Crippen molar-refractivity contribution in [3.05, 3.63) is 35.4 Å². The Balaban J connectivity index is 1.56. The molecule has 1 aromatic rings. The van der Waals surface area contributed by atoms with Crippen LogP contribution in [-0.4, -0.2) is 35.0 Å². The lowest BCUT2D eigenvalue weighted by atomic mass is 9.80. The molecule has 0 bridgehead atoms. The number of piperidine rings is 1. The standard InChI is InChI=1S/C19H25NO3/c21-18(20-10-8-14(9-11-20)12-19(22)23)13-16-6-3-5-15-4-1-2-7-17(15)16/h1-2,4,7,14,16H,3,5-6,8-13H2,(H,22,23). The quantitative estimate of drug-likeness (QED) is 0.928. The second-order valence-electron chi connectivity index (χ2n) is 6.91. The Hall–Kier alpha value is -1.84. The molecule has 1 amide bonds. The Bertz CT molecular complexity index is 576. The van der Waals surface area contributed by atoms with Gasteiger partial charge >= 0.3 is 5.97 Å². The van der Waals surface area contributed by atoms with E-state index >= 15 is 0 Å². The number of likely N-dealkylation sites (tertiary alicyclic amines) is 1. The zero-order valence-electron chi connectivity index (χ0n) is 13.5. The zero-order chi connectivity index (χ0) is 16.2. The fraction of sp³-hybridized carbons (Fsp3) is 0.579. The molecule has 1 aliphatic carbocycles. The van der Waals surface area contributed by atoms with Crippen molar-refractivity contribution in [2.24, 2.45) is 5.92 Å². The van der Waals surface area contributed by atoms with Crippen LogP contribution in [0.2, 0.25) is 0 Å². The third-order valence-electron chi connectivity index (χ3n) is 5.35. The highest BCUT2D eigenvalue weighted by Crippen LogP contribution is 2.34. The maximum atomic E-state index is 12.6. The molecule has 4 heteroatoms. The van der Waals surface area contributed by atoms with Crippen molar-refractivity contribution in [3.8, 4) is 0 Å². The molecule has 1 atom stereocenters. The van der Waals surface area contributed by atoms with Crippen molar-refractivity contribution in [1.82, 2.24) is 4.90 Å². The molecule has 1 heterocycles. The van der Waals surface area contributed by atoms with Gasteiger partial charge < -0.3 is 10.0 Å². The largest absolute Gasteiger partial charge is 0.481 e. The molecule has 0 aromatic heterocycles. The second-order valence-corrected chi connectivity index (χ2v) is 6.91. The maximum absolute atomic E-state index is 12.6. The minimum atomic E-state index is -0.728. The van der Waals surface area contributed by atoms with E-state index in [1.54, 1.807) is 0 Å². The SMILES string of the molecule is O=C(O)CC1CCN(C(=O)CC2CCCc3ccccc32)CC1. The van der Waals surface area contributed by atoms with Crippen molar-refractivity contribution in [3.63, 3.8) is 0 Å². The number of hydrogen-bond donors (Lipinski definition) is 1. The van der Waals surface area contributed by atoms with Crippen molar-refractivity contribution in [1.29, 1.82) is 0 Å². The summed E-state index contributed by atoms with van der Waals surface area (Å²) in [7, 11) is 0. The van der Waals surface area contributed by atoms with Gasteiger partial charge in [-0.1, -0.05) is 24.3 Å². The van der Waals surface area contributed by atoms with E-state index in [2.05, 4.69) is 24.3 Å². The lowest BCUT2D eigenvalue weighted by molar-refractivity contribution is -0.138. The van der Waals surface area contributed by atoms with E-state index in [0.29, 0.717) is 25.4 Å². The molecule has 1 unspecified atom stereocenters. The van der Waals surface area contributed by atoms with E-state index in [1.807, 2.05) is 4.90 Å². The lowest BCUT2D eigenvalue weighted by Crippen LogP contribution is -2.39. The number of carboxylic acid groups (broad SMARTS) is 1. The summed E-state index contributed by atoms with van der Waals surface area (Å²) in [5, 5.41) is 8.87. The van der Waals surface area contributed by atoms with Crippen LogP contribution in [0.3, 0.4) is 0 Å². The van der Waals surface area contributed by atoms with Gasteiger partial charge in [0.05, 0.1) is 0 Å². The molecule has 1 aromatic carbocycles. The maximum Gasteiger partial charge on any atom is 0.303 e. The minimum Gasteiger partial charge on any atom is -0.481 e. The third-order valence-corrected chi connectivity index (χ3v) is 5.35. The zero-order valence-corrected chi connectivity index (χ0v) is 13.5. The number of aryl methyl sites for hydroxylation is 1. The van der Waals surface area contributed by atoms with Gasteiger partial charge in [0.25, 0.3) is 0 Å². The molecule has 1 N–H and O–H groups in total. The number of carbonyl (C=O) groups is 2. The van der Waals surface area contributed by atoms with Crippen molar-refractivity contribution in [2.75, 3.05) is 13.1 Å². The van der Waals surface area contributed by atoms with Gasteiger partial charge in [-0.15, -0.1) is 0 Å². The fourth-order valence-electron chi connectivity index (χ4n) is 4.04. The van der Waals surface area contributed by atoms with Gasteiger partial charge in [-0.2, -0.15) is 0 Å². The van der Waals surface area contributed by atoms with E-state index in [1.165, 1.54) is 11.1 Å². The summed E-state index contributed by atoms with van der Waals surface area (Å²) in [6, 6.07) is 8.50. The number of rotatable bonds is 4. The molecule has 23 heavy (non-hydrogen) atoms. The summed E-state index contributed by atoms with van der Waals surface area (Å²) < 4.78 is 0. The highest BCUT2D eigenvalue weighted by molar-refractivity contribution is 5.77. The summed E-state index contributed by atoms with van der Waals surface area (Å²) in [6.45, 7) is 1.43. The number of carbonyl (C=O) groups excluding carboxylic acids is 1. The van der Waals surface area contributed by atoms with Crippen molar-refractivity contribution >= 4 is 11.9 Å². The van der Waals surface area contributed by atoms with Gasteiger partial charge in [0.2, 0.25) is 5.91 Å². The highest BCUT2D eigenvalue weighted by Gasteiger charge is 2.28. The lowest BCUT2D eigenvalue weighted by Gasteiger charge is -2.33. The Morgan fingerprint density at radius 1 is 1.09 bits per heavy atom. The molecule has 0 spiro atoms. The molecule has 1 aliphatic heterocycles. The van der Waals surface area contributed by atoms with Gasteiger partial charge in [-0.3, -0.25) is 9.59 Å². The number of benzene rings is 1. The van der Waals surface area contributed by atoms with Crippen LogP contribution in [0.25, 0.3) is 0 Å². The molecule has 2 aliphatic rings. The minimum absolute atomic E-state index is 0.229. The van der Waals surface area contributed by atoms with E-state index in [9.17, 15) is 9.59 Å². The van der Waals surface area contributed by atoms with Crippen LogP contribution in [0.1, 0.15) is 55.6 Å². The smallest absolute Gasteiger partial charge is 0.303 e. The van der Waals surface area contributed by atoms with E-state index < -0.39 is 5.97 Å². The van der Waals surface area contributed by atoms with Gasteiger partial charge in [0.1, 0.15) is 0 Å². The van der Waals surface area contributed by atoms with Gasteiger partial charge in [0.15, 0.2) is 0 Å². The Kier molecular flexibility index (Phi) is 4.99. The van der Waals surface area contributed by atoms with Gasteiger partial charge in [0, 0.05) is 25.9 Å². The van der Waals surface area contributed by atoms with Crippen LogP contribution in [0, 0.1) is 5.92 Å². The van der Waals surface area contributed by atoms with E-state index in [-0.39, 0.29) is 18.2 Å². The predicted octanol–water partition coefficient (Wildman–Crippen LogP) is 3.21. The summed E-state index contributed by atoms with van der Waals surface area (Å²) in [5.74, 6) is 0.0882. The summed E-state index contributed by atoms with van der Waals surface area (Å²) in [4.78, 5) is 25.3. The molecule has 1 fully saturated rings. The van der Waals surface area contributed by atoms with Gasteiger partial charge in [-0.25, -0.2) is 0 Å². The van der Waals surface area contributed by atoms with Crippen LogP contribution < -0.4 is 0 Å². The number of amides is 1. The first-order chi connectivity index (χ1) is 11.1. The number of carboxylic acids is 1. The highest BCUT2D eigenvalue weighted by atomic mass is 16.4. The van der Waals surface area contributed by atoms with Gasteiger partial charge in [-0.05, 0) is 55.1 Å². The monoisotopic (exact) mass is 315 g/mol. The van der Waals surface area contributed by atoms with Crippen molar-refractivity contribution in [2.45, 2.75) is 50.9 Å². The molecule has 3 rings (SSSR count). The number of fused-ring (bicyclic) bond motifs is 1. The van der Waals surface area contributed by atoms with Crippen molar-refractivity contribution < 1.29 is 14.7 Å². The van der Waals surface area contributed by atoms with Crippen LogP contribution in [0.4, 0.5) is 0 Å². The van der Waals surface area contributed by atoms with Crippen LogP contribution >= 0.6 is 0 Å². The number of aliphatic carboxylic acids is 1. The van der Waals surface area contributed by atoms with Crippen LogP contribution in [0.5, 0.6) is 0 Å². The topological polar surface area (TPSA) is 57.6 Å². The average molecular weight is 315 g/mol. The normalized spacial score (nSPS) is 21.7. The fourth-order valence-corrected chi connectivity index (χ4v) is 4.04. The second kappa shape index (κ2) is 7.16. The Labute approximate surface area is 137 Å². The average Bonchev–Trinajstić information content (AvgIpc) is 2.55. The molecule has 4 nitrogen and oxygen atoms in total. The van der Waals surface area contributed by atoms with E-state index in [4.69, 9.17) is 5.11 Å². The molecular weight excluding hydrogens is 290 g/mol. The number of nitrogens with zero attached hydrogens (tertiary/aromatic N) is 1. The van der Waals surface area contributed by atoms with E-state index in [0.717, 1.165) is 32.1 Å².